The third kappa shape index (κ3) is 44.6. The van der Waals surface area contributed by atoms with Gasteiger partial charge in [-0.15, -0.1) is 0 Å². The van der Waals surface area contributed by atoms with Gasteiger partial charge in [0.2, 0.25) is 14.7 Å². The maximum atomic E-state index is 12.0. The molecule has 0 spiro atoms. The van der Waals surface area contributed by atoms with Crippen LogP contribution in [-0.4, -0.2) is 57.7 Å². The van der Waals surface area contributed by atoms with Crippen LogP contribution in [-0.2, 0) is 92.0 Å². The molecule has 5 aliphatic carbocycles. The molecule has 0 N–H and O–H groups in total. The topological polar surface area (TPSA) is 199 Å². The zero-order chi connectivity index (χ0) is 95.9. The van der Waals surface area contributed by atoms with Crippen molar-refractivity contribution in [2.75, 3.05) is 38.9 Å². The van der Waals surface area contributed by atoms with Crippen molar-refractivity contribution >= 4 is 57.9 Å². The van der Waals surface area contributed by atoms with Gasteiger partial charge >= 0.3 is 0 Å². The van der Waals surface area contributed by atoms with E-state index in [-0.39, 0.29) is 34.5 Å². The molecule has 0 amide bonds. The summed E-state index contributed by atoms with van der Waals surface area (Å²) < 4.78 is 33.8. The number of fused-ring (bicyclic) bond motifs is 5. The monoisotopic (exact) mass is 1790 g/mol. The van der Waals surface area contributed by atoms with Crippen LogP contribution in [0, 0.1) is 72.4 Å². The van der Waals surface area contributed by atoms with Crippen LogP contribution in [0.1, 0.15) is 298 Å². The van der Waals surface area contributed by atoms with Gasteiger partial charge in [0, 0.05) is 55.5 Å². The maximum Gasteiger partial charge on any atom is 0.204 e. The van der Waals surface area contributed by atoms with Gasteiger partial charge in [-0.2, -0.15) is 21.0 Å². The van der Waals surface area contributed by atoms with Crippen molar-refractivity contribution in [1.29, 1.82) is 21.0 Å². The number of aldehydes is 3. The number of benzene rings is 5. The van der Waals surface area contributed by atoms with Crippen molar-refractivity contribution in [3.8, 4) is 24.3 Å². The number of allylic oxidation sites excluding steroid dienone is 24. The molecule has 0 bridgehead atoms. The predicted octanol–water partition coefficient (Wildman–Crippen LogP) is 31.5. The van der Waals surface area contributed by atoms with Crippen molar-refractivity contribution in [1.82, 2.24) is 0 Å². The maximum absolute atomic E-state index is 12.0. The Morgan fingerprint density at radius 3 is 0.900 bits per heavy atom. The fourth-order valence-electron chi connectivity index (χ4n) is 15.4. The number of rotatable bonds is 23. The highest BCUT2D eigenvalue weighted by Crippen LogP contribution is 2.48. The molecule has 0 aromatic heterocycles. The molecule has 0 heterocycles. The zero-order valence-corrected chi connectivity index (χ0v) is 84.2. The molecule has 5 aromatic rings. The van der Waals surface area contributed by atoms with E-state index >= 15 is 0 Å². The summed E-state index contributed by atoms with van der Waals surface area (Å²) in [5.41, 5.74) is 29.0. The highest BCUT2D eigenvalue weighted by Gasteiger charge is 2.26. The van der Waals surface area contributed by atoms with Gasteiger partial charge < -0.3 is 9.05 Å². The summed E-state index contributed by atoms with van der Waals surface area (Å²) in [6.07, 6.45) is 67.4. The minimum absolute atomic E-state index is 0. The van der Waals surface area contributed by atoms with E-state index in [4.69, 9.17) is 30.1 Å². The van der Waals surface area contributed by atoms with Crippen molar-refractivity contribution in [3.05, 3.63) is 316 Å². The van der Waals surface area contributed by atoms with Crippen LogP contribution in [0.3, 0.4) is 0 Å². The standard InChI is InChI=1S/C24H29N.C24H30O.C19H23N.C19H24O.C11H20NO2P.C11H12O.C8H14NO2P.CH4/c2*1-19(16-17-25)8-7-11-23(24(2,3)4)15-13-20-12-14-21-9-5-6-10-22(21)18-20;2*1-19(2,3)18(12-13-20)11-9-15-8-10-16-6-4-5-7-17(16)14-15;1-6-14-15(5,13)9-10(7-8-12)11(2,3)4;12-8-9-5-6-10-3-1-2-4-11(10)7-9;1-4-11-12(3,10)7-8(2)5-6-9;/h7-8,11-16,18H,5-6,9-10H2,1-4H3;7-8,11-18H,5-6,9-10H2,1-4H3;8-12,14H,4-7H2,1-3H3;8-14H,4-7H2,1-3H3;7H,6,9H2,1-5H3;5-8H,1-4H2;5H,4,7H2,1-3H3;1H4/b2*8-7+,15-13+,19-16+,23-11-;2*11-9+,18-12-;10-7-;;8-5+;. The first-order chi connectivity index (χ1) is 60.9. The predicted molar refractivity (Wildman–Crippen MR) is 556 cm³/mol. The van der Waals surface area contributed by atoms with Gasteiger partial charge in [0.05, 0.1) is 37.5 Å². The van der Waals surface area contributed by atoms with Gasteiger partial charge in [-0.05, 0) is 325 Å². The molecule has 10 rings (SSSR count). The fourth-order valence-corrected chi connectivity index (χ4v) is 18.8. The number of nitriles is 4. The Hall–Kier alpha value is -10.2. The summed E-state index contributed by atoms with van der Waals surface area (Å²) in [5.74, 6) is 0. The lowest BCUT2D eigenvalue weighted by molar-refractivity contribution is -0.104. The Morgan fingerprint density at radius 1 is 0.338 bits per heavy atom. The molecule has 130 heavy (non-hydrogen) atoms. The third-order valence-electron chi connectivity index (χ3n) is 23.0. The molecule has 5 aromatic carbocycles. The second-order valence-electron chi connectivity index (χ2n) is 39.5. The minimum Gasteiger partial charge on any atom is -0.329 e. The van der Waals surface area contributed by atoms with E-state index in [9.17, 15) is 23.5 Å². The molecule has 5 aliphatic rings. The number of nitrogens with zero attached hydrogens (tertiary/aromatic N) is 4. The smallest absolute Gasteiger partial charge is 0.204 e. The van der Waals surface area contributed by atoms with Crippen molar-refractivity contribution < 1.29 is 32.6 Å². The summed E-state index contributed by atoms with van der Waals surface area (Å²) >= 11 is 0. The summed E-state index contributed by atoms with van der Waals surface area (Å²) in [5, 5.41) is 34.6. The van der Waals surface area contributed by atoms with Crippen LogP contribution >= 0.6 is 14.7 Å². The summed E-state index contributed by atoms with van der Waals surface area (Å²) in [4.78, 5) is 31.7. The molecule has 0 aliphatic heterocycles. The molecule has 0 saturated carbocycles. The number of carbonyl (C=O) groups excluding carboxylic acids is 3. The molecule has 696 valence electrons. The highest BCUT2D eigenvalue weighted by atomic mass is 31.2. The Bertz CT molecular complexity index is 5270. The van der Waals surface area contributed by atoms with Crippen molar-refractivity contribution in [2.45, 2.75) is 274 Å². The average molecular weight is 1790 g/mol. The van der Waals surface area contributed by atoms with E-state index in [1.54, 1.807) is 51.5 Å². The number of hydrogen-bond donors (Lipinski definition) is 0. The number of aryl methyl sites for hydroxylation is 10. The summed E-state index contributed by atoms with van der Waals surface area (Å²) in [6, 6.07) is 41.4. The number of hydrogen-bond acceptors (Lipinski definition) is 11. The van der Waals surface area contributed by atoms with Crippen LogP contribution in [0.5, 0.6) is 0 Å². The van der Waals surface area contributed by atoms with Crippen LogP contribution in [0.4, 0.5) is 0 Å². The molecule has 2 unspecified atom stereocenters. The number of carbonyl (C=O) groups is 3. The SMILES string of the molecule is C.CC(/C=C/C=C(/C=C/c1ccc2c(c1)CCCC2)C(C)(C)C)=C\C#N.CC(/C=C/C=C(/C=C/c1ccc2c(c1)CCCC2)C(C)(C)C)=C\C=O.CC(C)(C)C(=C\C#N)/C=C/c1ccc2c(c1)CCCC2.CC(C)(C)C(=C\C=O)/C=C/c1ccc2c(c1)CCCC2.CCOP(C)(=O)C/C(=C/C#N)C(C)(C)C.CCOP(C)(=O)C/C(C)=C/C#N.O=Cc1ccc2c(c1)CCCC2. The first kappa shape index (κ1) is 114. The average Bonchev–Trinajstić information content (AvgIpc) is 0.850. The van der Waals surface area contributed by atoms with Crippen LogP contribution < -0.4 is 0 Å². The normalized spacial score (nSPS) is 16.2. The van der Waals surface area contributed by atoms with Gasteiger partial charge in [0.25, 0.3) is 0 Å². The van der Waals surface area contributed by atoms with Gasteiger partial charge in [0.15, 0.2) is 0 Å². The lowest BCUT2D eigenvalue weighted by Gasteiger charge is -2.24. The molecule has 0 fully saturated rings. The molecule has 0 radical (unpaired) electrons. The van der Waals surface area contributed by atoms with E-state index in [1.807, 2.05) is 90.1 Å². The summed E-state index contributed by atoms with van der Waals surface area (Å²) in [6.45, 7) is 45.5. The summed E-state index contributed by atoms with van der Waals surface area (Å²) in [7, 11) is -5.09. The first-order valence-electron chi connectivity index (χ1n) is 46.5. The largest absolute Gasteiger partial charge is 0.329 e. The lowest BCUT2D eigenvalue weighted by Crippen LogP contribution is -2.13. The Kier molecular flexibility index (Phi) is 50.7. The quantitative estimate of drug-likeness (QED) is 0.0198. The Labute approximate surface area is 787 Å². The Balaban J connectivity index is 0.000000397. The molecular formula is C117H156N4O7P2. The van der Waals surface area contributed by atoms with Gasteiger partial charge in [-0.1, -0.05) is 287 Å². The van der Waals surface area contributed by atoms with Gasteiger partial charge in [-0.25, -0.2) is 0 Å². The van der Waals surface area contributed by atoms with Crippen LogP contribution in [0.2, 0.25) is 0 Å². The third-order valence-corrected chi connectivity index (χ3v) is 26.6. The van der Waals surface area contributed by atoms with E-state index in [2.05, 4.69) is 235 Å². The van der Waals surface area contributed by atoms with Crippen molar-refractivity contribution in [3.63, 3.8) is 0 Å². The van der Waals surface area contributed by atoms with Gasteiger partial charge in [-0.3, -0.25) is 23.5 Å². The first-order valence-corrected chi connectivity index (χ1v) is 51.0. The fraction of sp³-hybridized carbons (Fsp3) is 0.444. The van der Waals surface area contributed by atoms with Crippen LogP contribution in [0.25, 0.3) is 24.3 Å². The molecule has 2 atom stereocenters. The van der Waals surface area contributed by atoms with E-state index in [0.717, 1.165) is 64.3 Å². The van der Waals surface area contributed by atoms with E-state index in [0.29, 0.717) is 25.5 Å². The van der Waals surface area contributed by atoms with Crippen molar-refractivity contribution in [2.24, 2.45) is 27.1 Å². The molecular weight excluding hydrogens is 1640 g/mol. The van der Waals surface area contributed by atoms with E-state index < -0.39 is 14.7 Å². The molecule has 11 nitrogen and oxygen atoms in total. The lowest BCUT2D eigenvalue weighted by atomic mass is 9.85. The highest BCUT2D eigenvalue weighted by molar-refractivity contribution is 7.58. The van der Waals surface area contributed by atoms with E-state index in [1.165, 1.54) is 223 Å². The Morgan fingerprint density at radius 2 is 0.615 bits per heavy atom. The second kappa shape index (κ2) is 57.9. The molecule has 13 heteroatoms. The second-order valence-corrected chi connectivity index (χ2v) is 44.7. The minimum atomic E-state index is -2.59. The molecule has 0 saturated heterocycles. The van der Waals surface area contributed by atoms with Gasteiger partial charge in [0.1, 0.15) is 18.9 Å². The zero-order valence-electron chi connectivity index (χ0n) is 82.5. The van der Waals surface area contributed by atoms with Crippen LogP contribution in [0.15, 0.2) is 233 Å².